The number of carbonyl (C=O) groups is 2. The SMILES string of the molecule is C=CC(=C)C(C(=O)OC)C(=O)OC. The monoisotopic (exact) mass is 184 g/mol. The summed E-state index contributed by atoms with van der Waals surface area (Å²) in [5, 5.41) is 0. The van der Waals surface area contributed by atoms with E-state index in [0.717, 1.165) is 0 Å². The van der Waals surface area contributed by atoms with Crippen molar-refractivity contribution in [1.29, 1.82) is 0 Å². The zero-order valence-corrected chi connectivity index (χ0v) is 7.70. The Morgan fingerprint density at radius 3 is 1.85 bits per heavy atom. The van der Waals surface area contributed by atoms with Gasteiger partial charge in [0.05, 0.1) is 14.2 Å². The number of methoxy groups -OCH3 is 2. The lowest BCUT2D eigenvalue weighted by Gasteiger charge is -2.11. The summed E-state index contributed by atoms with van der Waals surface area (Å²) in [6, 6.07) is 0. The molecule has 0 atom stereocenters. The zero-order valence-electron chi connectivity index (χ0n) is 7.70. The minimum Gasteiger partial charge on any atom is -0.468 e. The van der Waals surface area contributed by atoms with Gasteiger partial charge in [-0.15, -0.1) is 0 Å². The molecule has 0 amide bonds. The summed E-state index contributed by atoms with van der Waals surface area (Å²) in [6.45, 7) is 6.89. The first kappa shape index (κ1) is 11.4. The number of esters is 2. The average molecular weight is 184 g/mol. The van der Waals surface area contributed by atoms with Crippen LogP contribution in [0.25, 0.3) is 0 Å². The molecule has 13 heavy (non-hydrogen) atoms. The van der Waals surface area contributed by atoms with Gasteiger partial charge < -0.3 is 9.47 Å². The molecule has 0 aromatic heterocycles. The zero-order chi connectivity index (χ0) is 10.4. The van der Waals surface area contributed by atoms with Crippen LogP contribution < -0.4 is 0 Å². The summed E-state index contributed by atoms with van der Waals surface area (Å²) in [5.41, 5.74) is 0.263. The number of carbonyl (C=O) groups excluding carboxylic acids is 2. The predicted octanol–water partition coefficient (Wildman–Crippen LogP) is 0.691. The highest BCUT2D eigenvalue weighted by molar-refractivity contribution is 5.98. The second-order valence-corrected chi connectivity index (χ2v) is 2.26. The number of ether oxygens (including phenoxy) is 2. The summed E-state index contributed by atoms with van der Waals surface area (Å²) in [4.78, 5) is 22.2. The second kappa shape index (κ2) is 5.13. The van der Waals surface area contributed by atoms with Crippen LogP contribution in [0.2, 0.25) is 0 Å². The van der Waals surface area contributed by atoms with Crippen molar-refractivity contribution in [3.63, 3.8) is 0 Å². The molecule has 0 unspecified atom stereocenters. The lowest BCUT2D eigenvalue weighted by atomic mass is 10.0. The van der Waals surface area contributed by atoms with E-state index < -0.39 is 17.9 Å². The van der Waals surface area contributed by atoms with Crippen LogP contribution >= 0.6 is 0 Å². The van der Waals surface area contributed by atoms with Crippen molar-refractivity contribution in [2.45, 2.75) is 0 Å². The molecule has 0 bridgehead atoms. The molecule has 0 saturated heterocycles. The molecule has 0 rings (SSSR count). The molecular weight excluding hydrogens is 172 g/mol. The number of allylic oxidation sites excluding steroid dienone is 1. The molecular formula is C9H12O4. The lowest BCUT2D eigenvalue weighted by Crippen LogP contribution is -2.27. The van der Waals surface area contributed by atoms with Crippen LogP contribution in [0, 0.1) is 5.92 Å². The van der Waals surface area contributed by atoms with Gasteiger partial charge >= 0.3 is 11.9 Å². The third-order valence-corrected chi connectivity index (χ3v) is 1.51. The van der Waals surface area contributed by atoms with Crippen LogP contribution in [0.4, 0.5) is 0 Å². The summed E-state index contributed by atoms with van der Waals surface area (Å²) in [7, 11) is 2.38. The van der Waals surface area contributed by atoms with E-state index in [1.165, 1.54) is 20.3 Å². The Morgan fingerprint density at radius 2 is 1.62 bits per heavy atom. The van der Waals surface area contributed by atoms with Gasteiger partial charge in [0.1, 0.15) is 0 Å². The Hall–Kier alpha value is -1.58. The number of hydrogen-bond donors (Lipinski definition) is 0. The minimum absolute atomic E-state index is 0.263. The maximum Gasteiger partial charge on any atom is 0.324 e. The van der Waals surface area contributed by atoms with E-state index in [9.17, 15) is 9.59 Å². The van der Waals surface area contributed by atoms with Gasteiger partial charge in [0, 0.05) is 0 Å². The van der Waals surface area contributed by atoms with Gasteiger partial charge in [-0.3, -0.25) is 9.59 Å². The van der Waals surface area contributed by atoms with E-state index >= 15 is 0 Å². The van der Waals surface area contributed by atoms with Crippen LogP contribution in [-0.2, 0) is 19.1 Å². The van der Waals surface area contributed by atoms with E-state index in [1.807, 2.05) is 0 Å². The number of hydrogen-bond acceptors (Lipinski definition) is 4. The van der Waals surface area contributed by atoms with Crippen molar-refractivity contribution in [3.05, 3.63) is 24.8 Å². The predicted molar refractivity (Wildman–Crippen MR) is 46.9 cm³/mol. The summed E-state index contributed by atoms with van der Waals surface area (Å²) in [6.07, 6.45) is 1.32. The van der Waals surface area contributed by atoms with Crippen molar-refractivity contribution in [2.75, 3.05) is 14.2 Å². The topological polar surface area (TPSA) is 52.6 Å². The largest absolute Gasteiger partial charge is 0.468 e. The van der Waals surface area contributed by atoms with Gasteiger partial charge in [-0.2, -0.15) is 0 Å². The third-order valence-electron chi connectivity index (χ3n) is 1.51. The van der Waals surface area contributed by atoms with Crippen molar-refractivity contribution >= 4 is 11.9 Å². The molecule has 0 N–H and O–H groups in total. The van der Waals surface area contributed by atoms with E-state index in [0.29, 0.717) is 0 Å². The van der Waals surface area contributed by atoms with Gasteiger partial charge in [-0.25, -0.2) is 0 Å². The highest BCUT2D eigenvalue weighted by atomic mass is 16.5. The lowest BCUT2D eigenvalue weighted by molar-refractivity contribution is -0.156. The smallest absolute Gasteiger partial charge is 0.324 e. The maximum atomic E-state index is 11.1. The molecule has 0 aliphatic carbocycles. The molecule has 0 aromatic rings. The molecule has 4 nitrogen and oxygen atoms in total. The Labute approximate surface area is 76.8 Å². The maximum absolute atomic E-state index is 11.1. The summed E-state index contributed by atoms with van der Waals surface area (Å²) >= 11 is 0. The molecule has 0 aliphatic heterocycles. The van der Waals surface area contributed by atoms with Crippen molar-refractivity contribution in [2.24, 2.45) is 5.92 Å². The summed E-state index contributed by atoms with van der Waals surface area (Å²) in [5.74, 6) is -2.50. The van der Waals surface area contributed by atoms with Gasteiger partial charge in [-0.05, 0) is 5.57 Å². The second-order valence-electron chi connectivity index (χ2n) is 2.26. The Bertz CT molecular complexity index is 226. The fourth-order valence-corrected chi connectivity index (χ4v) is 0.753. The van der Waals surface area contributed by atoms with Gasteiger partial charge in [0.2, 0.25) is 0 Å². The fourth-order valence-electron chi connectivity index (χ4n) is 0.753. The average Bonchev–Trinajstić information content (AvgIpc) is 2.16. The van der Waals surface area contributed by atoms with Crippen LogP contribution in [0.5, 0.6) is 0 Å². The standard InChI is InChI=1S/C9H12O4/c1-5-6(2)7(8(10)12-3)9(11)13-4/h5,7H,1-2H2,3-4H3. The first-order chi connectivity index (χ1) is 6.08. The van der Waals surface area contributed by atoms with Crippen LogP contribution in [0.15, 0.2) is 24.8 Å². The molecule has 0 saturated carbocycles. The highest BCUT2D eigenvalue weighted by Crippen LogP contribution is 2.13. The van der Waals surface area contributed by atoms with E-state index in [1.54, 1.807) is 0 Å². The fraction of sp³-hybridized carbons (Fsp3) is 0.333. The van der Waals surface area contributed by atoms with E-state index in [2.05, 4.69) is 22.6 Å². The molecule has 0 fully saturated rings. The molecule has 0 aromatic carbocycles. The van der Waals surface area contributed by atoms with E-state index in [4.69, 9.17) is 0 Å². The van der Waals surface area contributed by atoms with Gasteiger partial charge in [-0.1, -0.05) is 19.2 Å². The van der Waals surface area contributed by atoms with Crippen molar-refractivity contribution < 1.29 is 19.1 Å². The van der Waals surface area contributed by atoms with E-state index in [-0.39, 0.29) is 5.57 Å². The van der Waals surface area contributed by atoms with Crippen LogP contribution in [-0.4, -0.2) is 26.2 Å². The Morgan fingerprint density at radius 1 is 1.23 bits per heavy atom. The number of rotatable bonds is 4. The normalized spacial score (nSPS) is 9.15. The molecule has 4 heteroatoms. The van der Waals surface area contributed by atoms with Crippen LogP contribution in [0.1, 0.15) is 0 Å². The van der Waals surface area contributed by atoms with Gasteiger partial charge in [0.25, 0.3) is 0 Å². The first-order valence-electron chi connectivity index (χ1n) is 3.55. The third kappa shape index (κ3) is 2.74. The molecule has 0 aliphatic rings. The summed E-state index contributed by atoms with van der Waals surface area (Å²) < 4.78 is 8.82. The molecule has 72 valence electrons. The molecule has 0 radical (unpaired) electrons. The molecule has 0 spiro atoms. The van der Waals surface area contributed by atoms with Crippen molar-refractivity contribution in [1.82, 2.24) is 0 Å². The van der Waals surface area contributed by atoms with Crippen molar-refractivity contribution in [3.8, 4) is 0 Å². The van der Waals surface area contributed by atoms with Crippen LogP contribution in [0.3, 0.4) is 0 Å². The highest BCUT2D eigenvalue weighted by Gasteiger charge is 2.29. The Kier molecular flexibility index (Phi) is 4.51. The van der Waals surface area contributed by atoms with Gasteiger partial charge in [0.15, 0.2) is 5.92 Å². The Balaban J connectivity index is 4.74. The molecule has 0 heterocycles. The first-order valence-corrected chi connectivity index (χ1v) is 3.55. The quantitative estimate of drug-likeness (QED) is 0.366. The minimum atomic E-state index is -1.10.